The first-order valence-corrected chi connectivity index (χ1v) is 6.03. The number of alkyl halides is 3. The fourth-order valence-electron chi connectivity index (χ4n) is 1.73. The average Bonchev–Trinajstić information content (AvgIpc) is 2.46. The van der Waals surface area contributed by atoms with Gasteiger partial charge in [-0.2, -0.15) is 23.1 Å². The summed E-state index contributed by atoms with van der Waals surface area (Å²) in [5.41, 5.74) is 6.70. The van der Waals surface area contributed by atoms with Crippen molar-refractivity contribution in [2.45, 2.75) is 6.18 Å². The number of nitrogens with one attached hydrogen (secondary N) is 3. The van der Waals surface area contributed by atoms with Gasteiger partial charge in [0.1, 0.15) is 5.69 Å². The lowest BCUT2D eigenvalue weighted by atomic mass is 10.2. The van der Waals surface area contributed by atoms with E-state index in [1.54, 1.807) is 5.48 Å². The van der Waals surface area contributed by atoms with Gasteiger partial charge in [-0.15, -0.1) is 0 Å². The third-order valence-electron chi connectivity index (χ3n) is 2.74. The van der Waals surface area contributed by atoms with Gasteiger partial charge >= 0.3 is 6.18 Å². The van der Waals surface area contributed by atoms with Gasteiger partial charge in [0, 0.05) is 12.7 Å². The molecule has 1 heterocycles. The van der Waals surface area contributed by atoms with Crippen LogP contribution in [0.2, 0.25) is 0 Å². The molecule has 0 aliphatic carbocycles. The predicted octanol–water partition coefficient (Wildman–Crippen LogP) is 2.77. The molecule has 5 N–H and O–H groups in total. The third kappa shape index (κ3) is 3.28. The lowest BCUT2D eigenvalue weighted by molar-refractivity contribution is -0.137. The van der Waals surface area contributed by atoms with Crippen molar-refractivity contribution in [1.82, 2.24) is 9.97 Å². The second-order valence-corrected chi connectivity index (χ2v) is 4.21. The molecule has 1 aromatic heterocycles. The van der Waals surface area contributed by atoms with Crippen molar-refractivity contribution in [2.24, 2.45) is 0 Å². The number of aromatic nitrogens is 2. The van der Waals surface area contributed by atoms with E-state index in [0.29, 0.717) is 5.69 Å². The van der Waals surface area contributed by atoms with Crippen molar-refractivity contribution in [1.29, 1.82) is 0 Å². The standard InChI is InChI=1S/C12H12F3N6O/c1-17-9-8(21-22)10(20-11(16)19-9)18-7-4-2-6(3-5-7)12(13,14)15/h2-5,21H,1H3,(H4,16,17,18,19,20)/q-1. The first-order chi connectivity index (χ1) is 10.3. The SMILES string of the molecule is CNc1nc(N)nc(Nc2ccc(C(F)(F)F)cc2)c1N[O-]. The van der Waals surface area contributed by atoms with Gasteiger partial charge in [0.25, 0.3) is 0 Å². The van der Waals surface area contributed by atoms with Crippen molar-refractivity contribution in [3.8, 4) is 0 Å². The monoisotopic (exact) mass is 313 g/mol. The maximum Gasteiger partial charge on any atom is 0.416 e. The Balaban J connectivity index is 2.33. The molecule has 0 fully saturated rings. The Bertz CT molecular complexity index is 659. The predicted molar refractivity (Wildman–Crippen MR) is 77.7 cm³/mol. The minimum Gasteiger partial charge on any atom is -0.761 e. The van der Waals surface area contributed by atoms with Gasteiger partial charge in [0.15, 0.2) is 11.6 Å². The van der Waals surface area contributed by atoms with Crippen LogP contribution in [0.25, 0.3) is 0 Å². The van der Waals surface area contributed by atoms with Crippen LogP contribution >= 0.6 is 0 Å². The first-order valence-electron chi connectivity index (χ1n) is 6.03. The van der Waals surface area contributed by atoms with Crippen molar-refractivity contribution in [3.63, 3.8) is 0 Å². The topological polar surface area (TPSA) is 111 Å². The molecule has 22 heavy (non-hydrogen) atoms. The van der Waals surface area contributed by atoms with E-state index in [-0.39, 0.29) is 23.3 Å². The molecule has 0 bridgehead atoms. The third-order valence-corrected chi connectivity index (χ3v) is 2.74. The number of halogens is 3. The van der Waals surface area contributed by atoms with Crippen molar-refractivity contribution in [2.75, 3.05) is 28.9 Å². The highest BCUT2D eigenvalue weighted by Crippen LogP contribution is 2.32. The van der Waals surface area contributed by atoms with Gasteiger partial charge < -0.3 is 27.1 Å². The number of nitrogen functional groups attached to an aromatic ring is 1. The number of hydrogen-bond acceptors (Lipinski definition) is 7. The molecule has 0 unspecified atom stereocenters. The summed E-state index contributed by atoms with van der Waals surface area (Å²) in [5.74, 6) is 0.112. The van der Waals surface area contributed by atoms with E-state index in [0.717, 1.165) is 12.1 Å². The Labute approximate surface area is 123 Å². The van der Waals surface area contributed by atoms with E-state index < -0.39 is 11.7 Å². The number of nitrogens with two attached hydrogens (primary N) is 1. The van der Waals surface area contributed by atoms with Crippen LogP contribution in [0.4, 0.5) is 42.1 Å². The Hall–Kier alpha value is -2.75. The van der Waals surface area contributed by atoms with Gasteiger partial charge in [0.2, 0.25) is 5.95 Å². The van der Waals surface area contributed by atoms with Crippen LogP contribution in [0, 0.1) is 5.21 Å². The molecule has 2 rings (SSSR count). The molecule has 0 aliphatic heterocycles. The van der Waals surface area contributed by atoms with Crippen LogP contribution in [0.5, 0.6) is 0 Å². The molecule has 0 saturated carbocycles. The Morgan fingerprint density at radius 3 is 2.18 bits per heavy atom. The average molecular weight is 313 g/mol. The quantitative estimate of drug-likeness (QED) is 0.642. The van der Waals surface area contributed by atoms with Crippen LogP contribution in [-0.4, -0.2) is 17.0 Å². The molecule has 1 aromatic carbocycles. The zero-order chi connectivity index (χ0) is 16.3. The van der Waals surface area contributed by atoms with Crippen molar-refractivity contribution in [3.05, 3.63) is 35.0 Å². The smallest absolute Gasteiger partial charge is 0.416 e. The Morgan fingerprint density at radius 1 is 1.09 bits per heavy atom. The molecule has 0 spiro atoms. The molecule has 118 valence electrons. The number of nitrogens with zero attached hydrogens (tertiary/aromatic N) is 2. The van der Waals surface area contributed by atoms with E-state index in [1.807, 2.05) is 0 Å². The van der Waals surface area contributed by atoms with Crippen LogP contribution in [-0.2, 0) is 6.18 Å². The molecule has 7 nitrogen and oxygen atoms in total. The van der Waals surface area contributed by atoms with E-state index in [2.05, 4.69) is 20.6 Å². The normalized spacial score (nSPS) is 11.1. The maximum atomic E-state index is 12.5. The molecule has 0 aliphatic rings. The van der Waals surface area contributed by atoms with Gasteiger partial charge in [0.05, 0.1) is 5.56 Å². The highest BCUT2D eigenvalue weighted by atomic mass is 19.4. The van der Waals surface area contributed by atoms with Crippen molar-refractivity contribution < 1.29 is 13.2 Å². The molecule has 10 heteroatoms. The van der Waals surface area contributed by atoms with Gasteiger partial charge in [-0.05, 0) is 24.3 Å². The van der Waals surface area contributed by atoms with E-state index >= 15 is 0 Å². The lowest BCUT2D eigenvalue weighted by Gasteiger charge is -2.19. The van der Waals surface area contributed by atoms with Crippen LogP contribution < -0.4 is 21.8 Å². The summed E-state index contributed by atoms with van der Waals surface area (Å²) in [6.45, 7) is 0. The largest absolute Gasteiger partial charge is 0.761 e. The van der Waals surface area contributed by atoms with Crippen molar-refractivity contribution >= 4 is 29.0 Å². The second-order valence-electron chi connectivity index (χ2n) is 4.21. The van der Waals surface area contributed by atoms with Gasteiger partial charge in [-0.3, -0.25) is 0 Å². The van der Waals surface area contributed by atoms with Gasteiger partial charge in [-0.1, -0.05) is 0 Å². The lowest BCUT2D eigenvalue weighted by Crippen LogP contribution is -2.08. The molecule has 0 atom stereocenters. The summed E-state index contributed by atoms with van der Waals surface area (Å²) in [5, 5.41) is 16.4. The molecular weight excluding hydrogens is 301 g/mol. The van der Waals surface area contributed by atoms with Gasteiger partial charge in [-0.25, -0.2) is 0 Å². The van der Waals surface area contributed by atoms with Crippen LogP contribution in [0.15, 0.2) is 24.3 Å². The fourth-order valence-corrected chi connectivity index (χ4v) is 1.73. The zero-order valence-corrected chi connectivity index (χ0v) is 11.3. The number of hydrogen-bond donors (Lipinski definition) is 4. The maximum absolute atomic E-state index is 12.5. The molecule has 0 radical (unpaired) electrons. The highest BCUT2D eigenvalue weighted by Gasteiger charge is 2.29. The summed E-state index contributed by atoms with van der Waals surface area (Å²) in [6.07, 6.45) is -4.42. The summed E-state index contributed by atoms with van der Waals surface area (Å²) < 4.78 is 37.5. The number of anilines is 5. The fraction of sp³-hybridized carbons (Fsp3) is 0.167. The highest BCUT2D eigenvalue weighted by molar-refractivity contribution is 5.81. The van der Waals surface area contributed by atoms with E-state index in [9.17, 15) is 18.4 Å². The summed E-state index contributed by atoms with van der Waals surface area (Å²) in [7, 11) is 1.53. The van der Waals surface area contributed by atoms with E-state index in [4.69, 9.17) is 5.73 Å². The molecular formula is C12H12F3N6O-. The minimum atomic E-state index is -4.42. The van der Waals surface area contributed by atoms with Crippen LogP contribution in [0.3, 0.4) is 0 Å². The molecule has 0 amide bonds. The zero-order valence-electron chi connectivity index (χ0n) is 11.3. The summed E-state index contributed by atoms with van der Waals surface area (Å²) in [4.78, 5) is 7.67. The number of benzene rings is 1. The Morgan fingerprint density at radius 2 is 1.68 bits per heavy atom. The second kappa shape index (κ2) is 5.93. The Kier molecular flexibility index (Phi) is 4.22. The summed E-state index contributed by atoms with van der Waals surface area (Å²) in [6, 6.07) is 4.26. The van der Waals surface area contributed by atoms with Crippen LogP contribution in [0.1, 0.15) is 5.56 Å². The first kappa shape index (κ1) is 15.6. The molecule has 2 aromatic rings. The van der Waals surface area contributed by atoms with E-state index in [1.165, 1.54) is 19.2 Å². The summed E-state index contributed by atoms with van der Waals surface area (Å²) >= 11 is 0. The number of rotatable bonds is 4. The molecule has 0 saturated heterocycles. The minimum absolute atomic E-state index is 0.00315.